The molecule has 1 aliphatic rings. The number of thiophene rings is 1. The first-order valence-corrected chi connectivity index (χ1v) is 7.37. The molecule has 0 bridgehead atoms. The first-order valence-electron chi connectivity index (χ1n) is 4.96. The number of carboxylic acids is 1. The van der Waals surface area contributed by atoms with Crippen LogP contribution in [0, 0.1) is 0 Å². The Bertz CT molecular complexity index is 470. The average Bonchev–Trinajstić information content (AvgIpc) is 3.00. The first kappa shape index (κ1) is 13.0. The molecule has 1 aromatic rings. The smallest absolute Gasteiger partial charge is 0.323 e. The minimum absolute atomic E-state index is 0.0872. The van der Waals surface area contributed by atoms with Crippen molar-refractivity contribution in [1.29, 1.82) is 0 Å². The molecule has 1 heterocycles. The highest BCUT2D eigenvalue weighted by Gasteiger charge is 2.35. The molecule has 7 heteroatoms. The van der Waals surface area contributed by atoms with Gasteiger partial charge in [-0.25, -0.2) is 0 Å². The summed E-state index contributed by atoms with van der Waals surface area (Å²) in [7, 11) is 0. The van der Waals surface area contributed by atoms with E-state index in [1.807, 2.05) is 0 Å². The SMILES string of the molecule is O=C(O)CN(C(=O)c1cc(Br)sc1Br)C1CC1. The van der Waals surface area contributed by atoms with Gasteiger partial charge in [-0.15, -0.1) is 11.3 Å². The molecule has 1 fully saturated rings. The Hall–Kier alpha value is -0.400. The predicted molar refractivity (Wildman–Crippen MR) is 71.4 cm³/mol. The van der Waals surface area contributed by atoms with Gasteiger partial charge in [0, 0.05) is 6.04 Å². The van der Waals surface area contributed by atoms with Crippen LogP contribution in [0.1, 0.15) is 23.2 Å². The number of carboxylic acid groups (broad SMARTS) is 1. The van der Waals surface area contributed by atoms with Crippen molar-refractivity contribution in [3.05, 3.63) is 19.2 Å². The standard InChI is InChI=1S/C10H9Br2NO3S/c11-7-3-6(9(12)17-7)10(16)13(4-8(14)15)5-1-2-5/h3,5H,1-2,4H2,(H,14,15). The molecule has 0 aromatic carbocycles. The van der Waals surface area contributed by atoms with Crippen LogP contribution < -0.4 is 0 Å². The molecular weight excluding hydrogens is 374 g/mol. The molecule has 17 heavy (non-hydrogen) atoms. The second kappa shape index (κ2) is 5.07. The number of hydrogen-bond acceptors (Lipinski definition) is 3. The molecule has 0 saturated heterocycles. The van der Waals surface area contributed by atoms with Crippen molar-refractivity contribution in [2.75, 3.05) is 6.54 Å². The predicted octanol–water partition coefficient (Wildman–Crippen LogP) is 2.96. The van der Waals surface area contributed by atoms with Gasteiger partial charge in [-0.3, -0.25) is 9.59 Å². The van der Waals surface area contributed by atoms with Gasteiger partial charge >= 0.3 is 5.97 Å². The average molecular weight is 383 g/mol. The highest BCUT2D eigenvalue weighted by atomic mass is 79.9. The molecule has 1 aliphatic carbocycles. The minimum Gasteiger partial charge on any atom is -0.480 e. The zero-order chi connectivity index (χ0) is 12.6. The topological polar surface area (TPSA) is 57.6 Å². The van der Waals surface area contributed by atoms with Gasteiger partial charge in [-0.1, -0.05) is 0 Å². The van der Waals surface area contributed by atoms with E-state index in [1.54, 1.807) is 6.07 Å². The Morgan fingerprint density at radius 1 is 1.47 bits per heavy atom. The van der Waals surface area contributed by atoms with Gasteiger partial charge in [0.1, 0.15) is 6.54 Å². The molecule has 1 saturated carbocycles. The van der Waals surface area contributed by atoms with E-state index in [9.17, 15) is 9.59 Å². The van der Waals surface area contributed by atoms with Crippen LogP contribution in [0.25, 0.3) is 0 Å². The molecule has 1 N–H and O–H groups in total. The van der Waals surface area contributed by atoms with E-state index in [0.29, 0.717) is 5.56 Å². The summed E-state index contributed by atoms with van der Waals surface area (Å²) in [5, 5.41) is 8.82. The van der Waals surface area contributed by atoms with Crippen molar-refractivity contribution in [3.8, 4) is 0 Å². The Morgan fingerprint density at radius 2 is 2.12 bits per heavy atom. The molecule has 0 spiro atoms. The number of hydrogen-bond donors (Lipinski definition) is 1. The monoisotopic (exact) mass is 381 g/mol. The number of amides is 1. The van der Waals surface area contributed by atoms with Crippen molar-refractivity contribution in [2.24, 2.45) is 0 Å². The molecule has 0 unspecified atom stereocenters. The Labute approximate surface area is 119 Å². The maximum Gasteiger partial charge on any atom is 0.323 e. The van der Waals surface area contributed by atoms with E-state index < -0.39 is 5.97 Å². The Kier molecular flexibility index (Phi) is 3.89. The Morgan fingerprint density at radius 3 is 2.53 bits per heavy atom. The van der Waals surface area contributed by atoms with Crippen LogP contribution in [0.15, 0.2) is 13.6 Å². The molecule has 92 valence electrons. The zero-order valence-corrected chi connectivity index (χ0v) is 12.6. The van der Waals surface area contributed by atoms with E-state index in [0.717, 1.165) is 20.4 Å². The summed E-state index contributed by atoms with van der Waals surface area (Å²) in [4.78, 5) is 24.4. The summed E-state index contributed by atoms with van der Waals surface area (Å²) in [6.07, 6.45) is 1.78. The quantitative estimate of drug-likeness (QED) is 0.870. The third kappa shape index (κ3) is 3.08. The maximum atomic E-state index is 12.2. The number of nitrogens with zero attached hydrogens (tertiary/aromatic N) is 1. The van der Waals surface area contributed by atoms with Crippen LogP contribution in [0.5, 0.6) is 0 Å². The summed E-state index contributed by atoms with van der Waals surface area (Å²) in [6, 6.07) is 1.80. The largest absolute Gasteiger partial charge is 0.480 e. The summed E-state index contributed by atoms with van der Waals surface area (Å²) >= 11 is 8.03. The molecule has 2 rings (SSSR count). The van der Waals surface area contributed by atoms with Crippen molar-refractivity contribution in [2.45, 2.75) is 18.9 Å². The highest BCUT2D eigenvalue weighted by Crippen LogP contribution is 2.35. The number of halogens is 2. The summed E-state index contributed by atoms with van der Waals surface area (Å²) in [5.41, 5.74) is 0.523. The lowest BCUT2D eigenvalue weighted by Crippen LogP contribution is -2.37. The van der Waals surface area contributed by atoms with Gasteiger partial charge in [0.05, 0.1) is 13.1 Å². The van der Waals surface area contributed by atoms with E-state index in [1.165, 1.54) is 16.2 Å². The summed E-state index contributed by atoms with van der Waals surface area (Å²) in [6.45, 7) is -0.233. The van der Waals surface area contributed by atoms with E-state index in [2.05, 4.69) is 31.9 Å². The molecule has 0 atom stereocenters. The van der Waals surface area contributed by atoms with Gasteiger partial charge in [0.2, 0.25) is 0 Å². The first-order chi connectivity index (χ1) is 7.99. The summed E-state index contributed by atoms with van der Waals surface area (Å²) in [5.74, 6) is -1.20. The Balaban J connectivity index is 2.21. The number of carbonyl (C=O) groups is 2. The van der Waals surface area contributed by atoms with Crippen LogP contribution in [-0.2, 0) is 4.79 Å². The van der Waals surface area contributed by atoms with Gasteiger partial charge in [0.15, 0.2) is 0 Å². The maximum absolute atomic E-state index is 12.2. The fourth-order valence-electron chi connectivity index (χ4n) is 1.54. The number of rotatable bonds is 4. The fourth-order valence-corrected chi connectivity index (χ4v) is 4.32. The van der Waals surface area contributed by atoms with Crippen molar-refractivity contribution < 1.29 is 14.7 Å². The molecular formula is C10H9Br2NO3S. The molecule has 0 radical (unpaired) electrons. The molecule has 1 amide bonds. The molecule has 0 aliphatic heterocycles. The minimum atomic E-state index is -0.976. The normalized spacial score (nSPS) is 14.7. The molecule has 1 aromatic heterocycles. The third-order valence-electron chi connectivity index (χ3n) is 2.44. The lowest BCUT2D eigenvalue weighted by Gasteiger charge is -2.19. The van der Waals surface area contributed by atoms with Gasteiger partial charge in [0.25, 0.3) is 5.91 Å². The molecule has 4 nitrogen and oxygen atoms in total. The van der Waals surface area contributed by atoms with Crippen molar-refractivity contribution in [3.63, 3.8) is 0 Å². The van der Waals surface area contributed by atoms with Crippen LogP contribution >= 0.6 is 43.2 Å². The number of carbonyl (C=O) groups excluding carboxylic acids is 1. The highest BCUT2D eigenvalue weighted by molar-refractivity contribution is 9.12. The van der Waals surface area contributed by atoms with Gasteiger partial charge in [-0.2, -0.15) is 0 Å². The van der Waals surface area contributed by atoms with Gasteiger partial charge < -0.3 is 10.0 Å². The van der Waals surface area contributed by atoms with Crippen LogP contribution in [0.3, 0.4) is 0 Å². The van der Waals surface area contributed by atoms with Crippen LogP contribution in [-0.4, -0.2) is 34.5 Å². The van der Waals surface area contributed by atoms with Crippen molar-refractivity contribution >= 4 is 55.1 Å². The fraction of sp³-hybridized carbons (Fsp3) is 0.400. The number of aliphatic carboxylic acids is 1. The zero-order valence-electron chi connectivity index (χ0n) is 8.65. The van der Waals surface area contributed by atoms with Crippen molar-refractivity contribution in [1.82, 2.24) is 4.90 Å². The third-order valence-corrected chi connectivity index (χ3v) is 4.78. The lowest BCUT2D eigenvalue weighted by atomic mass is 10.3. The second-order valence-corrected chi connectivity index (χ2v) is 7.55. The van der Waals surface area contributed by atoms with Gasteiger partial charge in [-0.05, 0) is 50.8 Å². The van der Waals surface area contributed by atoms with Crippen LogP contribution in [0.4, 0.5) is 0 Å². The van der Waals surface area contributed by atoms with E-state index >= 15 is 0 Å². The lowest BCUT2D eigenvalue weighted by molar-refractivity contribution is -0.137. The second-order valence-electron chi connectivity index (χ2n) is 3.80. The van der Waals surface area contributed by atoms with E-state index in [4.69, 9.17) is 5.11 Å². The van der Waals surface area contributed by atoms with Crippen LogP contribution in [0.2, 0.25) is 0 Å². The summed E-state index contributed by atoms with van der Waals surface area (Å²) < 4.78 is 1.57. The van der Waals surface area contributed by atoms with E-state index in [-0.39, 0.29) is 18.5 Å².